The van der Waals surface area contributed by atoms with Crippen molar-refractivity contribution in [3.63, 3.8) is 0 Å². The molecule has 0 aliphatic rings. The SMILES string of the molecule is CC(F)(F)CO[SH](=O)=O. The molecule has 6 heteroatoms. The molecule has 0 aromatic carbocycles. The van der Waals surface area contributed by atoms with Crippen LogP contribution in [0.2, 0.25) is 0 Å². The molecular formula is C3H6F2O3S. The summed E-state index contributed by atoms with van der Waals surface area (Å²) in [6.07, 6.45) is 0. The molecule has 56 valence electrons. The normalized spacial score (nSPS) is 12.4. The quantitative estimate of drug-likeness (QED) is 0.599. The fourth-order valence-corrected chi connectivity index (χ4v) is 0.498. The van der Waals surface area contributed by atoms with Crippen LogP contribution in [0.25, 0.3) is 0 Å². The molecule has 0 saturated heterocycles. The summed E-state index contributed by atoms with van der Waals surface area (Å²) in [4.78, 5) is 0. The van der Waals surface area contributed by atoms with Gasteiger partial charge in [0.05, 0.1) is 0 Å². The second kappa shape index (κ2) is 3.07. The maximum Gasteiger partial charge on any atom is 0.269 e. The van der Waals surface area contributed by atoms with Crippen LogP contribution in [0.5, 0.6) is 0 Å². The molecule has 0 aromatic rings. The number of hydrogen-bond donors (Lipinski definition) is 1. The summed E-state index contributed by atoms with van der Waals surface area (Å²) in [5, 5.41) is 0. The third-order valence-electron chi connectivity index (χ3n) is 0.423. The zero-order chi connectivity index (χ0) is 7.49. The van der Waals surface area contributed by atoms with Gasteiger partial charge in [0.15, 0.2) is 0 Å². The first-order valence-electron chi connectivity index (χ1n) is 2.07. The average molecular weight is 160 g/mol. The van der Waals surface area contributed by atoms with Crippen LogP contribution in [-0.4, -0.2) is 20.9 Å². The van der Waals surface area contributed by atoms with Crippen molar-refractivity contribution in [3.05, 3.63) is 0 Å². The van der Waals surface area contributed by atoms with E-state index in [1.165, 1.54) is 0 Å². The van der Waals surface area contributed by atoms with Crippen LogP contribution in [0.3, 0.4) is 0 Å². The van der Waals surface area contributed by atoms with E-state index in [0.717, 1.165) is 0 Å². The van der Waals surface area contributed by atoms with Crippen LogP contribution in [-0.2, 0) is 15.2 Å². The first-order chi connectivity index (χ1) is 3.92. The zero-order valence-corrected chi connectivity index (χ0v) is 5.53. The van der Waals surface area contributed by atoms with Crippen molar-refractivity contribution >= 4 is 11.0 Å². The van der Waals surface area contributed by atoms with E-state index < -0.39 is 23.5 Å². The predicted octanol–water partition coefficient (Wildman–Crippen LogP) is 0.185. The van der Waals surface area contributed by atoms with Gasteiger partial charge < -0.3 is 0 Å². The van der Waals surface area contributed by atoms with E-state index in [1.54, 1.807) is 0 Å². The third-order valence-corrected chi connectivity index (χ3v) is 0.763. The summed E-state index contributed by atoms with van der Waals surface area (Å²) in [6, 6.07) is 0. The first kappa shape index (κ1) is 8.77. The van der Waals surface area contributed by atoms with Crippen LogP contribution < -0.4 is 0 Å². The maximum absolute atomic E-state index is 11.7. The van der Waals surface area contributed by atoms with Crippen molar-refractivity contribution in [2.75, 3.05) is 6.61 Å². The summed E-state index contributed by atoms with van der Waals surface area (Å²) in [6.45, 7) is -0.502. The minimum atomic E-state index is -3.14. The summed E-state index contributed by atoms with van der Waals surface area (Å²) in [7, 11) is -3.14. The lowest BCUT2D eigenvalue weighted by Gasteiger charge is -2.04. The predicted molar refractivity (Wildman–Crippen MR) is 26.9 cm³/mol. The maximum atomic E-state index is 11.7. The van der Waals surface area contributed by atoms with Gasteiger partial charge in [-0.05, 0) is 0 Å². The van der Waals surface area contributed by atoms with Gasteiger partial charge in [-0.3, -0.25) is 4.18 Å². The lowest BCUT2D eigenvalue weighted by atomic mass is 10.4. The van der Waals surface area contributed by atoms with E-state index in [1.807, 2.05) is 0 Å². The van der Waals surface area contributed by atoms with Crippen LogP contribution in [0.4, 0.5) is 8.78 Å². The molecule has 0 amide bonds. The highest BCUT2D eigenvalue weighted by Gasteiger charge is 2.21. The number of hydrogen-bond acceptors (Lipinski definition) is 3. The van der Waals surface area contributed by atoms with Crippen molar-refractivity contribution in [3.8, 4) is 0 Å². The highest BCUT2D eigenvalue weighted by atomic mass is 32.2. The standard InChI is InChI=1S/C3H6F2O3S/c1-3(4,5)2-8-9(6)7/h9H,2H2,1H3. The molecule has 0 atom stereocenters. The molecule has 0 fully saturated rings. The summed E-state index contributed by atoms with van der Waals surface area (Å²) in [5.41, 5.74) is 0. The third kappa shape index (κ3) is 7.77. The van der Waals surface area contributed by atoms with E-state index >= 15 is 0 Å². The Morgan fingerprint density at radius 1 is 1.56 bits per heavy atom. The van der Waals surface area contributed by atoms with Crippen molar-refractivity contribution < 1.29 is 21.4 Å². The molecule has 0 N–H and O–H groups in total. The van der Waals surface area contributed by atoms with Crippen molar-refractivity contribution in [2.45, 2.75) is 12.8 Å². The van der Waals surface area contributed by atoms with Gasteiger partial charge in [-0.2, -0.15) is 0 Å². The lowest BCUT2D eigenvalue weighted by molar-refractivity contribution is -0.0196. The second-order valence-corrected chi connectivity index (χ2v) is 2.27. The summed E-state index contributed by atoms with van der Waals surface area (Å²) in [5.74, 6) is -3.07. The Hall–Kier alpha value is -0.230. The molecule has 0 bridgehead atoms. The minimum Gasteiger partial charge on any atom is -0.266 e. The molecule has 0 aliphatic heterocycles. The van der Waals surface area contributed by atoms with Crippen molar-refractivity contribution in [1.29, 1.82) is 0 Å². The Balaban J connectivity index is 3.52. The smallest absolute Gasteiger partial charge is 0.266 e. The van der Waals surface area contributed by atoms with Gasteiger partial charge in [0, 0.05) is 6.92 Å². The molecule has 0 spiro atoms. The van der Waals surface area contributed by atoms with Gasteiger partial charge >= 0.3 is 0 Å². The van der Waals surface area contributed by atoms with Crippen molar-refractivity contribution in [2.24, 2.45) is 0 Å². The van der Waals surface area contributed by atoms with E-state index in [4.69, 9.17) is 0 Å². The summed E-state index contributed by atoms with van der Waals surface area (Å²) >= 11 is 0. The Kier molecular flexibility index (Phi) is 2.99. The second-order valence-electron chi connectivity index (χ2n) is 1.57. The monoisotopic (exact) mass is 160 g/mol. The summed E-state index contributed by atoms with van der Waals surface area (Å²) < 4.78 is 46.0. The highest BCUT2D eigenvalue weighted by molar-refractivity contribution is 7.67. The molecule has 0 radical (unpaired) electrons. The molecule has 0 aromatic heterocycles. The Morgan fingerprint density at radius 3 is 2.11 bits per heavy atom. The number of halogens is 2. The molecule has 0 rings (SSSR count). The van der Waals surface area contributed by atoms with Gasteiger partial charge in [0.1, 0.15) is 6.61 Å². The Morgan fingerprint density at radius 2 is 2.00 bits per heavy atom. The molecule has 0 aliphatic carbocycles. The molecule has 0 heterocycles. The van der Waals surface area contributed by atoms with E-state index in [-0.39, 0.29) is 0 Å². The fraction of sp³-hybridized carbons (Fsp3) is 1.00. The molecule has 0 saturated carbocycles. The number of alkyl halides is 2. The topological polar surface area (TPSA) is 43.4 Å². The lowest BCUT2D eigenvalue weighted by Crippen LogP contribution is -2.17. The fourth-order valence-electron chi connectivity index (χ4n) is 0.166. The Bertz CT molecular complexity index is 140. The Labute approximate surface area is 52.8 Å². The zero-order valence-electron chi connectivity index (χ0n) is 4.63. The van der Waals surface area contributed by atoms with Gasteiger partial charge in [0.2, 0.25) is 0 Å². The van der Waals surface area contributed by atoms with Gasteiger partial charge in [0.25, 0.3) is 16.9 Å². The van der Waals surface area contributed by atoms with Crippen LogP contribution in [0.1, 0.15) is 6.92 Å². The molecule has 9 heavy (non-hydrogen) atoms. The highest BCUT2D eigenvalue weighted by Crippen LogP contribution is 2.10. The van der Waals surface area contributed by atoms with Crippen LogP contribution in [0, 0.1) is 0 Å². The van der Waals surface area contributed by atoms with Crippen LogP contribution >= 0.6 is 0 Å². The first-order valence-corrected chi connectivity index (χ1v) is 3.16. The number of thiol groups is 1. The average Bonchev–Trinajstić information content (AvgIpc) is 1.59. The van der Waals surface area contributed by atoms with Gasteiger partial charge in [-0.25, -0.2) is 17.2 Å². The molecule has 0 unspecified atom stereocenters. The van der Waals surface area contributed by atoms with Crippen LogP contribution in [0.15, 0.2) is 0 Å². The number of rotatable bonds is 3. The van der Waals surface area contributed by atoms with E-state index in [0.29, 0.717) is 6.92 Å². The van der Waals surface area contributed by atoms with Crippen molar-refractivity contribution in [1.82, 2.24) is 0 Å². The van der Waals surface area contributed by atoms with Gasteiger partial charge in [-0.1, -0.05) is 0 Å². The minimum absolute atomic E-state index is 0.575. The molecule has 3 nitrogen and oxygen atoms in total. The molecular weight excluding hydrogens is 154 g/mol. The van der Waals surface area contributed by atoms with E-state index in [2.05, 4.69) is 4.18 Å². The van der Waals surface area contributed by atoms with E-state index in [9.17, 15) is 17.2 Å². The largest absolute Gasteiger partial charge is 0.269 e. The van der Waals surface area contributed by atoms with Gasteiger partial charge in [-0.15, -0.1) is 0 Å².